The Morgan fingerprint density at radius 2 is 1.72 bits per heavy atom. The molecule has 0 aromatic heterocycles. The van der Waals surface area contributed by atoms with Crippen LogP contribution in [0.15, 0.2) is 30.3 Å². The Morgan fingerprint density at radius 3 is 2.20 bits per heavy atom. The Bertz CT molecular complexity index is 902. The van der Waals surface area contributed by atoms with E-state index in [1.165, 1.54) is 37.5 Å². The van der Waals surface area contributed by atoms with Crippen molar-refractivity contribution in [3.63, 3.8) is 0 Å². The zero-order chi connectivity index (χ0) is 18.6. The van der Waals surface area contributed by atoms with Crippen molar-refractivity contribution in [3.8, 4) is 23.6 Å². The second-order valence-electron chi connectivity index (χ2n) is 4.94. The van der Waals surface area contributed by atoms with Crippen molar-refractivity contribution in [2.45, 2.75) is 6.18 Å². The van der Waals surface area contributed by atoms with Crippen LogP contribution in [0.4, 0.5) is 13.2 Å². The first kappa shape index (κ1) is 17.9. The van der Waals surface area contributed by atoms with Gasteiger partial charge in [-0.15, -0.1) is 0 Å². The molecule has 0 saturated carbocycles. The fourth-order valence-corrected chi connectivity index (χ4v) is 2.16. The summed E-state index contributed by atoms with van der Waals surface area (Å²) < 4.78 is 42.6. The zero-order valence-corrected chi connectivity index (χ0v) is 12.9. The maximum atomic E-state index is 12.6. The number of ether oxygens (including phenoxy) is 1. The molecule has 2 aromatic carbocycles. The van der Waals surface area contributed by atoms with Crippen molar-refractivity contribution in [2.24, 2.45) is 0 Å². The first-order valence-corrected chi connectivity index (χ1v) is 6.91. The number of rotatable bonds is 3. The summed E-state index contributed by atoms with van der Waals surface area (Å²) in [6.07, 6.45) is -1.59. The van der Waals surface area contributed by atoms with Gasteiger partial charge in [-0.1, -0.05) is 24.3 Å². The molecule has 25 heavy (non-hydrogen) atoms. The number of phenolic OH excluding ortho intramolecular Hbond substituents is 1. The van der Waals surface area contributed by atoms with Crippen LogP contribution in [-0.4, -0.2) is 12.2 Å². The van der Waals surface area contributed by atoms with Gasteiger partial charge in [-0.25, -0.2) is 0 Å². The van der Waals surface area contributed by atoms with Crippen LogP contribution in [0.1, 0.15) is 27.8 Å². The molecule has 0 spiro atoms. The molecule has 0 unspecified atom stereocenters. The minimum atomic E-state index is -4.42. The molecule has 1 N–H and O–H groups in total. The molecule has 0 aliphatic carbocycles. The lowest BCUT2D eigenvalue weighted by Gasteiger charge is -2.09. The molecule has 2 rings (SSSR count). The van der Waals surface area contributed by atoms with Gasteiger partial charge in [0, 0.05) is 11.6 Å². The van der Waals surface area contributed by atoms with E-state index in [0.29, 0.717) is 5.56 Å². The molecule has 0 fully saturated rings. The van der Waals surface area contributed by atoms with Crippen LogP contribution in [0, 0.1) is 22.7 Å². The molecular weight excluding hydrogens is 333 g/mol. The summed E-state index contributed by atoms with van der Waals surface area (Å²) in [5, 5.41) is 28.4. The molecule has 0 saturated heterocycles. The van der Waals surface area contributed by atoms with Crippen molar-refractivity contribution in [1.29, 1.82) is 10.5 Å². The van der Waals surface area contributed by atoms with Gasteiger partial charge < -0.3 is 9.84 Å². The minimum absolute atomic E-state index is 0.0141. The minimum Gasteiger partial charge on any atom is -0.503 e. The molecule has 0 heterocycles. The SMILES string of the molecule is COc1cc(C#N)c(/C=C/c2ccc(C(F)(F)F)cc2)c(C#N)c1O. The summed E-state index contributed by atoms with van der Waals surface area (Å²) in [4.78, 5) is 0. The van der Waals surface area contributed by atoms with E-state index in [0.717, 1.165) is 12.1 Å². The monoisotopic (exact) mass is 344 g/mol. The number of alkyl halides is 3. The predicted octanol–water partition coefficient (Wildman–Crippen LogP) is 4.33. The Kier molecular flexibility index (Phi) is 5.00. The zero-order valence-electron chi connectivity index (χ0n) is 12.9. The van der Waals surface area contributed by atoms with Crippen LogP contribution in [0.5, 0.6) is 11.5 Å². The molecule has 0 radical (unpaired) electrons. The van der Waals surface area contributed by atoms with Gasteiger partial charge in [0.15, 0.2) is 11.5 Å². The highest BCUT2D eigenvalue weighted by atomic mass is 19.4. The number of halogens is 3. The van der Waals surface area contributed by atoms with E-state index >= 15 is 0 Å². The summed E-state index contributed by atoms with van der Waals surface area (Å²) in [6.45, 7) is 0. The number of hydrogen-bond acceptors (Lipinski definition) is 4. The molecule has 126 valence electrons. The van der Waals surface area contributed by atoms with Crippen molar-refractivity contribution in [1.82, 2.24) is 0 Å². The van der Waals surface area contributed by atoms with Crippen molar-refractivity contribution < 1.29 is 23.0 Å². The number of nitrogens with zero attached hydrogens (tertiary/aromatic N) is 2. The van der Waals surface area contributed by atoms with Gasteiger partial charge in [-0.3, -0.25) is 0 Å². The van der Waals surface area contributed by atoms with E-state index in [1.54, 1.807) is 6.07 Å². The highest BCUT2D eigenvalue weighted by Gasteiger charge is 2.29. The lowest BCUT2D eigenvalue weighted by Crippen LogP contribution is -2.03. The quantitative estimate of drug-likeness (QED) is 0.841. The molecule has 0 aliphatic heterocycles. The van der Waals surface area contributed by atoms with Gasteiger partial charge >= 0.3 is 6.18 Å². The summed E-state index contributed by atoms with van der Waals surface area (Å²) in [5.41, 5.74) is -0.241. The lowest BCUT2D eigenvalue weighted by molar-refractivity contribution is -0.137. The molecule has 7 heteroatoms. The van der Waals surface area contributed by atoms with Gasteiger partial charge in [-0.2, -0.15) is 23.7 Å². The van der Waals surface area contributed by atoms with E-state index in [9.17, 15) is 28.8 Å². The number of methoxy groups -OCH3 is 1. The Balaban J connectivity index is 2.47. The second kappa shape index (κ2) is 6.98. The third-order valence-electron chi connectivity index (χ3n) is 3.44. The number of hydrogen-bond donors (Lipinski definition) is 1. The van der Waals surface area contributed by atoms with Crippen LogP contribution < -0.4 is 4.74 Å². The molecule has 0 aliphatic rings. The summed E-state index contributed by atoms with van der Waals surface area (Å²) in [7, 11) is 1.29. The van der Waals surface area contributed by atoms with E-state index in [1.807, 2.05) is 6.07 Å². The Hall–Kier alpha value is -3.45. The number of aromatic hydroxyl groups is 1. The molecule has 0 atom stereocenters. The Morgan fingerprint density at radius 1 is 1.08 bits per heavy atom. The summed E-state index contributed by atoms with van der Waals surface area (Å²) in [5.74, 6) is -0.421. The highest BCUT2D eigenvalue weighted by molar-refractivity contribution is 5.79. The van der Waals surface area contributed by atoms with E-state index < -0.39 is 17.5 Å². The van der Waals surface area contributed by atoms with E-state index in [-0.39, 0.29) is 22.4 Å². The van der Waals surface area contributed by atoms with Crippen molar-refractivity contribution >= 4 is 12.2 Å². The lowest BCUT2D eigenvalue weighted by atomic mass is 9.99. The van der Waals surface area contributed by atoms with Crippen LogP contribution in [0.3, 0.4) is 0 Å². The molecular formula is C18H11F3N2O2. The van der Waals surface area contributed by atoms with Crippen LogP contribution >= 0.6 is 0 Å². The maximum absolute atomic E-state index is 12.6. The van der Waals surface area contributed by atoms with Gasteiger partial charge in [-0.05, 0) is 17.7 Å². The van der Waals surface area contributed by atoms with Gasteiger partial charge in [0.05, 0.1) is 24.3 Å². The molecule has 0 bridgehead atoms. The molecule has 2 aromatic rings. The van der Waals surface area contributed by atoms with Crippen LogP contribution in [-0.2, 0) is 6.18 Å². The standard InChI is InChI=1S/C18H11F3N2O2/c1-25-16-8-12(9-22)14(15(10-23)17(16)24)7-4-11-2-5-13(6-3-11)18(19,20)21/h2-8,24H,1H3/b7-4+. The summed E-state index contributed by atoms with van der Waals surface area (Å²) in [6, 6.07) is 9.37. The third-order valence-corrected chi connectivity index (χ3v) is 3.44. The second-order valence-corrected chi connectivity index (χ2v) is 4.94. The fraction of sp³-hybridized carbons (Fsp3) is 0.111. The predicted molar refractivity (Wildman–Crippen MR) is 84.5 cm³/mol. The smallest absolute Gasteiger partial charge is 0.416 e. The number of nitriles is 2. The molecule has 4 nitrogen and oxygen atoms in total. The number of benzene rings is 2. The van der Waals surface area contributed by atoms with Crippen molar-refractivity contribution in [2.75, 3.05) is 7.11 Å². The first-order valence-electron chi connectivity index (χ1n) is 6.91. The maximum Gasteiger partial charge on any atom is 0.416 e. The highest BCUT2D eigenvalue weighted by Crippen LogP contribution is 2.35. The fourth-order valence-electron chi connectivity index (χ4n) is 2.16. The van der Waals surface area contributed by atoms with Gasteiger partial charge in [0.2, 0.25) is 0 Å². The molecule has 0 amide bonds. The van der Waals surface area contributed by atoms with Crippen LogP contribution in [0.25, 0.3) is 12.2 Å². The summed E-state index contributed by atoms with van der Waals surface area (Å²) >= 11 is 0. The van der Waals surface area contributed by atoms with Gasteiger partial charge in [0.25, 0.3) is 0 Å². The van der Waals surface area contributed by atoms with E-state index in [2.05, 4.69) is 0 Å². The third kappa shape index (κ3) is 3.73. The van der Waals surface area contributed by atoms with E-state index in [4.69, 9.17) is 4.74 Å². The first-order chi connectivity index (χ1) is 11.8. The normalized spacial score (nSPS) is 11.1. The average molecular weight is 344 g/mol. The van der Waals surface area contributed by atoms with Crippen LogP contribution in [0.2, 0.25) is 0 Å². The largest absolute Gasteiger partial charge is 0.503 e. The number of phenols is 1. The average Bonchev–Trinajstić information content (AvgIpc) is 2.59. The Labute approximate surface area is 141 Å². The van der Waals surface area contributed by atoms with Crippen molar-refractivity contribution in [3.05, 3.63) is 58.1 Å². The topological polar surface area (TPSA) is 77.0 Å². The van der Waals surface area contributed by atoms with Gasteiger partial charge in [0.1, 0.15) is 11.6 Å².